The summed E-state index contributed by atoms with van der Waals surface area (Å²) in [7, 11) is 0. The van der Waals surface area contributed by atoms with Gasteiger partial charge in [-0.05, 0) is 13.0 Å². The Morgan fingerprint density at radius 2 is 2.33 bits per heavy atom. The van der Waals surface area contributed by atoms with Gasteiger partial charge in [-0.25, -0.2) is 9.67 Å². The molecule has 0 spiro atoms. The van der Waals surface area contributed by atoms with Crippen molar-refractivity contribution in [1.82, 2.24) is 14.8 Å². The van der Waals surface area contributed by atoms with E-state index in [1.54, 1.807) is 23.3 Å². The van der Waals surface area contributed by atoms with E-state index < -0.39 is 0 Å². The van der Waals surface area contributed by atoms with Gasteiger partial charge in [-0.2, -0.15) is 5.10 Å². The molecule has 2 N–H and O–H groups in total. The molecule has 0 saturated carbocycles. The number of nitrogens with two attached hydrogens (primary N) is 1. The van der Waals surface area contributed by atoms with E-state index in [9.17, 15) is 0 Å². The summed E-state index contributed by atoms with van der Waals surface area (Å²) in [5.74, 6) is 0.722. The molecule has 0 aliphatic rings. The van der Waals surface area contributed by atoms with Gasteiger partial charge >= 0.3 is 0 Å². The standard InChI is InChI=1S/C10H11ClN4/c1-7(12)9-3-2-4-13-10(9)15-6-8(11)5-14-15/h2-7H,12H2,1H3/t7-/m1/s1. The molecule has 0 amide bonds. The monoisotopic (exact) mass is 222 g/mol. The molecule has 0 aliphatic carbocycles. The summed E-state index contributed by atoms with van der Waals surface area (Å²) in [6, 6.07) is 3.70. The van der Waals surface area contributed by atoms with Gasteiger partial charge in [-0.15, -0.1) is 0 Å². The van der Waals surface area contributed by atoms with Gasteiger partial charge in [0.15, 0.2) is 5.82 Å². The maximum absolute atomic E-state index is 5.84. The fraction of sp³-hybridized carbons (Fsp3) is 0.200. The molecule has 5 heteroatoms. The Hall–Kier alpha value is -1.39. The molecule has 4 nitrogen and oxygen atoms in total. The molecule has 0 aliphatic heterocycles. The third-order valence-electron chi connectivity index (χ3n) is 2.08. The minimum absolute atomic E-state index is 0.0864. The summed E-state index contributed by atoms with van der Waals surface area (Å²) in [6.45, 7) is 1.91. The molecule has 0 radical (unpaired) electrons. The molecule has 0 unspecified atom stereocenters. The van der Waals surface area contributed by atoms with Crippen molar-refractivity contribution >= 4 is 11.6 Å². The smallest absolute Gasteiger partial charge is 0.158 e. The highest BCUT2D eigenvalue weighted by Gasteiger charge is 2.09. The highest BCUT2D eigenvalue weighted by atomic mass is 35.5. The number of aromatic nitrogens is 3. The van der Waals surface area contributed by atoms with E-state index in [0.29, 0.717) is 5.02 Å². The second-order valence-corrected chi connectivity index (χ2v) is 3.74. The highest BCUT2D eigenvalue weighted by Crippen LogP contribution is 2.18. The van der Waals surface area contributed by atoms with Crippen LogP contribution in [0.4, 0.5) is 0 Å². The zero-order chi connectivity index (χ0) is 10.8. The van der Waals surface area contributed by atoms with E-state index in [1.807, 2.05) is 19.1 Å². The van der Waals surface area contributed by atoms with Crippen LogP contribution in [0.1, 0.15) is 18.5 Å². The first-order valence-electron chi connectivity index (χ1n) is 4.59. The van der Waals surface area contributed by atoms with Crippen LogP contribution in [-0.2, 0) is 0 Å². The van der Waals surface area contributed by atoms with Crippen molar-refractivity contribution in [1.29, 1.82) is 0 Å². The van der Waals surface area contributed by atoms with Crippen molar-refractivity contribution in [2.75, 3.05) is 0 Å². The van der Waals surface area contributed by atoms with E-state index in [1.165, 1.54) is 0 Å². The SMILES string of the molecule is C[C@@H](N)c1cccnc1-n1cc(Cl)cn1. The van der Waals surface area contributed by atoms with E-state index in [2.05, 4.69) is 10.1 Å². The average Bonchev–Trinajstić information content (AvgIpc) is 2.65. The van der Waals surface area contributed by atoms with Crippen LogP contribution in [0, 0.1) is 0 Å². The lowest BCUT2D eigenvalue weighted by molar-refractivity contribution is 0.761. The van der Waals surface area contributed by atoms with Gasteiger partial charge in [0.05, 0.1) is 17.4 Å². The Bertz CT molecular complexity index is 464. The molecule has 0 aromatic carbocycles. The maximum atomic E-state index is 5.84. The first kappa shape index (κ1) is 10.1. The van der Waals surface area contributed by atoms with Crippen LogP contribution >= 0.6 is 11.6 Å². The minimum atomic E-state index is -0.0864. The predicted molar refractivity (Wildman–Crippen MR) is 59.0 cm³/mol. The quantitative estimate of drug-likeness (QED) is 0.845. The minimum Gasteiger partial charge on any atom is -0.324 e. The summed E-state index contributed by atoms with van der Waals surface area (Å²) in [6.07, 6.45) is 4.98. The van der Waals surface area contributed by atoms with Crippen LogP contribution in [0.25, 0.3) is 5.82 Å². The fourth-order valence-corrected chi connectivity index (χ4v) is 1.51. The Balaban J connectivity index is 2.52. The largest absolute Gasteiger partial charge is 0.324 e. The lowest BCUT2D eigenvalue weighted by Crippen LogP contribution is -2.11. The summed E-state index contributed by atoms with van der Waals surface area (Å²) < 4.78 is 1.63. The molecular weight excluding hydrogens is 212 g/mol. The van der Waals surface area contributed by atoms with Gasteiger partial charge in [-0.1, -0.05) is 17.7 Å². The Labute approximate surface area is 92.7 Å². The van der Waals surface area contributed by atoms with Crippen LogP contribution < -0.4 is 5.73 Å². The molecule has 15 heavy (non-hydrogen) atoms. The van der Waals surface area contributed by atoms with Gasteiger partial charge in [-0.3, -0.25) is 0 Å². The second kappa shape index (κ2) is 4.00. The zero-order valence-corrected chi connectivity index (χ0v) is 9.02. The fourth-order valence-electron chi connectivity index (χ4n) is 1.37. The molecule has 2 aromatic heterocycles. The number of halogens is 1. The average molecular weight is 223 g/mol. The zero-order valence-electron chi connectivity index (χ0n) is 8.26. The Morgan fingerprint density at radius 3 is 2.93 bits per heavy atom. The van der Waals surface area contributed by atoms with E-state index in [4.69, 9.17) is 17.3 Å². The normalized spacial score (nSPS) is 12.7. The van der Waals surface area contributed by atoms with E-state index >= 15 is 0 Å². The first-order valence-corrected chi connectivity index (χ1v) is 4.97. The lowest BCUT2D eigenvalue weighted by atomic mass is 10.1. The topological polar surface area (TPSA) is 56.7 Å². The Kier molecular flexibility index (Phi) is 2.70. The number of hydrogen-bond acceptors (Lipinski definition) is 3. The van der Waals surface area contributed by atoms with Crippen LogP contribution in [0.15, 0.2) is 30.7 Å². The third-order valence-corrected chi connectivity index (χ3v) is 2.27. The summed E-state index contributed by atoms with van der Waals surface area (Å²) in [5.41, 5.74) is 6.79. The third kappa shape index (κ3) is 2.00. The van der Waals surface area contributed by atoms with Gasteiger partial charge in [0, 0.05) is 17.8 Å². The molecule has 0 fully saturated rings. The van der Waals surface area contributed by atoms with Crippen LogP contribution in [-0.4, -0.2) is 14.8 Å². The van der Waals surface area contributed by atoms with Crippen molar-refractivity contribution in [2.24, 2.45) is 5.73 Å². The van der Waals surface area contributed by atoms with Crippen molar-refractivity contribution in [2.45, 2.75) is 13.0 Å². The van der Waals surface area contributed by atoms with Crippen molar-refractivity contribution in [3.63, 3.8) is 0 Å². The van der Waals surface area contributed by atoms with E-state index in [0.717, 1.165) is 11.4 Å². The highest BCUT2D eigenvalue weighted by molar-refractivity contribution is 6.30. The van der Waals surface area contributed by atoms with Gasteiger partial charge in [0.25, 0.3) is 0 Å². The molecule has 78 valence electrons. The predicted octanol–water partition coefficient (Wildman–Crippen LogP) is 1.94. The molecule has 0 bridgehead atoms. The molecular formula is C10H11ClN4. The van der Waals surface area contributed by atoms with Crippen molar-refractivity contribution in [3.05, 3.63) is 41.3 Å². The Morgan fingerprint density at radius 1 is 1.53 bits per heavy atom. The van der Waals surface area contributed by atoms with Crippen molar-refractivity contribution < 1.29 is 0 Å². The summed E-state index contributed by atoms with van der Waals surface area (Å²) >= 11 is 5.80. The molecule has 0 saturated heterocycles. The maximum Gasteiger partial charge on any atom is 0.158 e. The molecule has 1 atom stereocenters. The number of hydrogen-bond donors (Lipinski definition) is 1. The number of rotatable bonds is 2. The lowest BCUT2D eigenvalue weighted by Gasteiger charge is -2.10. The van der Waals surface area contributed by atoms with E-state index in [-0.39, 0.29) is 6.04 Å². The number of nitrogens with zero attached hydrogens (tertiary/aromatic N) is 3. The molecule has 2 aromatic rings. The van der Waals surface area contributed by atoms with Crippen molar-refractivity contribution in [3.8, 4) is 5.82 Å². The summed E-state index contributed by atoms with van der Waals surface area (Å²) in [4.78, 5) is 4.25. The van der Waals surface area contributed by atoms with Crippen LogP contribution in [0.3, 0.4) is 0 Å². The molecule has 2 rings (SSSR count). The van der Waals surface area contributed by atoms with Gasteiger partial charge in [0.2, 0.25) is 0 Å². The first-order chi connectivity index (χ1) is 7.18. The molecule has 2 heterocycles. The summed E-state index contributed by atoms with van der Waals surface area (Å²) in [5, 5.41) is 4.68. The van der Waals surface area contributed by atoms with Gasteiger partial charge < -0.3 is 5.73 Å². The van der Waals surface area contributed by atoms with Gasteiger partial charge in [0.1, 0.15) is 0 Å². The van der Waals surface area contributed by atoms with Crippen LogP contribution in [0.2, 0.25) is 5.02 Å². The number of pyridine rings is 1. The van der Waals surface area contributed by atoms with Crippen LogP contribution in [0.5, 0.6) is 0 Å². The second-order valence-electron chi connectivity index (χ2n) is 3.31.